The van der Waals surface area contributed by atoms with E-state index in [-0.39, 0.29) is 0 Å². The number of benzene rings is 1. The molecule has 2 rings (SSSR count). The lowest BCUT2D eigenvalue weighted by molar-refractivity contribution is 0.273. The predicted molar refractivity (Wildman–Crippen MR) is 86.5 cm³/mol. The second-order valence-electron chi connectivity index (χ2n) is 5.71. The van der Waals surface area contributed by atoms with Gasteiger partial charge in [-0.25, -0.2) is 0 Å². The first-order valence-electron chi connectivity index (χ1n) is 7.57. The summed E-state index contributed by atoms with van der Waals surface area (Å²) in [6.07, 6.45) is 0.889. The maximum absolute atomic E-state index is 6.28. The lowest BCUT2D eigenvalue weighted by atomic mass is 10.2. The van der Waals surface area contributed by atoms with Gasteiger partial charge in [0.1, 0.15) is 0 Å². The molecule has 118 valence electrons. The molecule has 0 radical (unpaired) electrons. The summed E-state index contributed by atoms with van der Waals surface area (Å²) in [4.78, 5) is 2.31. The molecule has 0 aliphatic carbocycles. The third-order valence-corrected chi connectivity index (χ3v) is 3.99. The van der Waals surface area contributed by atoms with Gasteiger partial charge in [0.2, 0.25) is 0 Å². The van der Waals surface area contributed by atoms with Crippen molar-refractivity contribution >= 4 is 11.6 Å². The lowest BCUT2D eigenvalue weighted by Gasteiger charge is -2.21. The van der Waals surface area contributed by atoms with E-state index in [2.05, 4.69) is 31.1 Å². The predicted octanol–water partition coefficient (Wildman–Crippen LogP) is 2.93. The standard InChI is InChI=1S/C16H25ClN2O2/c1-12(2)19(3)6-5-18-11-13-9-14(17)16-15(10-13)20-7-4-8-21-16/h9-10,12,18H,4-8,11H2,1-3H3. The topological polar surface area (TPSA) is 33.7 Å². The first-order valence-corrected chi connectivity index (χ1v) is 7.94. The van der Waals surface area contributed by atoms with Gasteiger partial charge in [-0.3, -0.25) is 0 Å². The van der Waals surface area contributed by atoms with Gasteiger partial charge in [-0.15, -0.1) is 0 Å². The summed E-state index contributed by atoms with van der Waals surface area (Å²) in [7, 11) is 2.14. The van der Waals surface area contributed by atoms with Crippen LogP contribution >= 0.6 is 11.6 Å². The van der Waals surface area contributed by atoms with Crippen LogP contribution in [0.5, 0.6) is 11.5 Å². The fraction of sp³-hybridized carbons (Fsp3) is 0.625. The van der Waals surface area contributed by atoms with E-state index < -0.39 is 0 Å². The van der Waals surface area contributed by atoms with E-state index in [4.69, 9.17) is 21.1 Å². The molecule has 0 atom stereocenters. The Labute approximate surface area is 132 Å². The normalized spacial score (nSPS) is 14.6. The van der Waals surface area contributed by atoms with Crippen LogP contribution < -0.4 is 14.8 Å². The SMILES string of the molecule is CC(C)N(C)CCNCc1cc(Cl)c2c(c1)OCCCO2. The summed E-state index contributed by atoms with van der Waals surface area (Å²) in [5, 5.41) is 4.07. The molecular formula is C16H25ClN2O2. The Hall–Kier alpha value is -0.970. The molecule has 1 N–H and O–H groups in total. The maximum atomic E-state index is 6.28. The van der Waals surface area contributed by atoms with Gasteiger partial charge in [-0.2, -0.15) is 0 Å². The number of hydrogen-bond donors (Lipinski definition) is 1. The molecule has 0 fully saturated rings. The van der Waals surface area contributed by atoms with Crippen molar-refractivity contribution in [2.75, 3.05) is 33.4 Å². The Morgan fingerprint density at radius 3 is 2.81 bits per heavy atom. The van der Waals surface area contributed by atoms with Crippen molar-refractivity contribution < 1.29 is 9.47 Å². The third-order valence-electron chi connectivity index (χ3n) is 3.71. The quantitative estimate of drug-likeness (QED) is 0.819. The van der Waals surface area contributed by atoms with Crippen LogP contribution in [0.25, 0.3) is 0 Å². The van der Waals surface area contributed by atoms with E-state index in [0.717, 1.165) is 37.4 Å². The third kappa shape index (κ3) is 4.77. The van der Waals surface area contributed by atoms with Gasteiger partial charge < -0.3 is 19.7 Å². The smallest absolute Gasteiger partial charge is 0.179 e. The van der Waals surface area contributed by atoms with Crippen molar-refractivity contribution in [3.05, 3.63) is 22.7 Å². The van der Waals surface area contributed by atoms with Crippen LogP contribution in [0.1, 0.15) is 25.8 Å². The highest BCUT2D eigenvalue weighted by molar-refractivity contribution is 6.32. The number of nitrogens with one attached hydrogen (secondary N) is 1. The summed E-state index contributed by atoms with van der Waals surface area (Å²) in [5.74, 6) is 1.44. The lowest BCUT2D eigenvalue weighted by Crippen LogP contribution is -2.33. The van der Waals surface area contributed by atoms with Gasteiger partial charge >= 0.3 is 0 Å². The largest absolute Gasteiger partial charge is 0.489 e. The van der Waals surface area contributed by atoms with Gasteiger partial charge in [0.15, 0.2) is 11.5 Å². The van der Waals surface area contributed by atoms with Gasteiger partial charge in [0.25, 0.3) is 0 Å². The second kappa shape index (κ2) is 7.87. The van der Waals surface area contributed by atoms with E-state index in [0.29, 0.717) is 30.0 Å². The molecule has 1 aliphatic rings. The summed E-state index contributed by atoms with van der Waals surface area (Å²) < 4.78 is 11.3. The molecule has 1 aromatic carbocycles. The molecule has 0 amide bonds. The van der Waals surface area contributed by atoms with Crippen LogP contribution in [0.2, 0.25) is 5.02 Å². The van der Waals surface area contributed by atoms with Crippen molar-refractivity contribution in [3.63, 3.8) is 0 Å². The molecule has 0 aromatic heterocycles. The highest BCUT2D eigenvalue weighted by Crippen LogP contribution is 2.37. The Balaban J connectivity index is 1.89. The van der Waals surface area contributed by atoms with E-state index in [9.17, 15) is 0 Å². The number of nitrogens with zero attached hydrogens (tertiary/aromatic N) is 1. The first-order chi connectivity index (χ1) is 10.1. The average molecular weight is 313 g/mol. The molecular weight excluding hydrogens is 288 g/mol. The van der Waals surface area contributed by atoms with Gasteiger partial charge in [-0.1, -0.05) is 11.6 Å². The minimum Gasteiger partial charge on any atom is -0.489 e. The molecule has 5 heteroatoms. The molecule has 21 heavy (non-hydrogen) atoms. The number of likely N-dealkylation sites (N-methyl/N-ethyl adjacent to an activating group) is 1. The van der Waals surface area contributed by atoms with Crippen molar-refractivity contribution in [2.45, 2.75) is 32.9 Å². The fourth-order valence-electron chi connectivity index (χ4n) is 2.13. The number of halogens is 1. The van der Waals surface area contributed by atoms with Gasteiger partial charge in [0, 0.05) is 32.1 Å². The maximum Gasteiger partial charge on any atom is 0.179 e. The Bertz CT molecular complexity index is 466. The van der Waals surface area contributed by atoms with Crippen LogP contribution in [0.15, 0.2) is 12.1 Å². The molecule has 1 aliphatic heterocycles. The first kappa shape index (κ1) is 16.4. The molecule has 0 bridgehead atoms. The zero-order chi connectivity index (χ0) is 15.2. The highest BCUT2D eigenvalue weighted by atomic mass is 35.5. The van der Waals surface area contributed by atoms with Crippen molar-refractivity contribution in [1.29, 1.82) is 0 Å². The van der Waals surface area contributed by atoms with Crippen LogP contribution in [-0.4, -0.2) is 44.3 Å². The molecule has 0 saturated heterocycles. The number of rotatable bonds is 6. The summed E-state index contributed by atoms with van der Waals surface area (Å²) in [5.41, 5.74) is 1.12. The van der Waals surface area contributed by atoms with Crippen LogP contribution in [0.4, 0.5) is 0 Å². The van der Waals surface area contributed by atoms with Gasteiger partial charge in [0.05, 0.1) is 18.2 Å². The monoisotopic (exact) mass is 312 g/mol. The molecule has 4 nitrogen and oxygen atoms in total. The zero-order valence-corrected chi connectivity index (χ0v) is 13.9. The van der Waals surface area contributed by atoms with E-state index in [1.54, 1.807) is 0 Å². The molecule has 0 spiro atoms. The molecule has 1 heterocycles. The Morgan fingerprint density at radius 1 is 1.29 bits per heavy atom. The van der Waals surface area contributed by atoms with Crippen molar-refractivity contribution in [2.24, 2.45) is 0 Å². The fourth-order valence-corrected chi connectivity index (χ4v) is 2.42. The summed E-state index contributed by atoms with van der Waals surface area (Å²) >= 11 is 6.28. The summed E-state index contributed by atoms with van der Waals surface area (Å²) in [6.45, 7) is 8.48. The zero-order valence-electron chi connectivity index (χ0n) is 13.1. The van der Waals surface area contributed by atoms with E-state index in [1.807, 2.05) is 12.1 Å². The molecule has 0 unspecified atom stereocenters. The average Bonchev–Trinajstić information content (AvgIpc) is 2.69. The van der Waals surface area contributed by atoms with Crippen molar-refractivity contribution in [1.82, 2.24) is 10.2 Å². The van der Waals surface area contributed by atoms with Crippen molar-refractivity contribution in [3.8, 4) is 11.5 Å². The van der Waals surface area contributed by atoms with Gasteiger partial charge in [-0.05, 0) is 38.6 Å². The Morgan fingerprint density at radius 2 is 2.05 bits per heavy atom. The van der Waals surface area contributed by atoms with Crippen LogP contribution in [-0.2, 0) is 6.54 Å². The second-order valence-corrected chi connectivity index (χ2v) is 6.11. The highest BCUT2D eigenvalue weighted by Gasteiger charge is 2.15. The number of hydrogen-bond acceptors (Lipinski definition) is 4. The minimum absolute atomic E-state index is 0.569. The molecule has 0 saturated carbocycles. The Kier molecular flexibility index (Phi) is 6.15. The summed E-state index contributed by atoms with van der Waals surface area (Å²) in [6, 6.07) is 4.54. The minimum atomic E-state index is 0.569. The van der Waals surface area contributed by atoms with E-state index >= 15 is 0 Å². The van der Waals surface area contributed by atoms with E-state index in [1.165, 1.54) is 0 Å². The van der Waals surface area contributed by atoms with Crippen LogP contribution in [0, 0.1) is 0 Å². The number of fused-ring (bicyclic) bond motifs is 1. The van der Waals surface area contributed by atoms with Crippen LogP contribution in [0.3, 0.4) is 0 Å². The number of ether oxygens (including phenoxy) is 2. The molecule has 1 aromatic rings.